The molecule has 0 spiro atoms. The third-order valence-electron chi connectivity index (χ3n) is 4.23. The molecule has 1 saturated heterocycles. The number of hydrogen-bond donors (Lipinski definition) is 0. The van der Waals surface area contributed by atoms with E-state index in [1.54, 1.807) is 25.3 Å². The molecule has 1 aromatic carbocycles. The normalized spacial score (nSPS) is 20.3. The minimum atomic E-state index is -0.347. The summed E-state index contributed by atoms with van der Waals surface area (Å²) in [7, 11) is 5.84. The van der Waals surface area contributed by atoms with Crippen molar-refractivity contribution in [1.29, 1.82) is 0 Å². The maximum atomic E-state index is 13.3. The Bertz CT molecular complexity index is 713. The summed E-state index contributed by atoms with van der Waals surface area (Å²) in [6, 6.07) is 8.08. The summed E-state index contributed by atoms with van der Waals surface area (Å²) in [5.41, 5.74) is 0. The Balaban J connectivity index is 1.79. The summed E-state index contributed by atoms with van der Waals surface area (Å²) in [6.07, 6.45) is 2.59. The first-order chi connectivity index (χ1) is 12.0. The van der Waals surface area contributed by atoms with Crippen LogP contribution in [0.15, 0.2) is 36.7 Å². The van der Waals surface area contributed by atoms with Gasteiger partial charge >= 0.3 is 0 Å². The Morgan fingerprint density at radius 2 is 2.12 bits per heavy atom. The Hall–Kier alpha value is -2.25. The predicted molar refractivity (Wildman–Crippen MR) is 93.6 cm³/mol. The number of methoxy groups -OCH3 is 1. The molecule has 25 heavy (non-hydrogen) atoms. The van der Waals surface area contributed by atoms with Crippen LogP contribution < -0.4 is 9.64 Å². The molecule has 2 atom stereocenters. The number of benzene rings is 1. The van der Waals surface area contributed by atoms with Crippen molar-refractivity contribution in [2.24, 2.45) is 0 Å². The molecule has 0 N–H and O–H groups in total. The van der Waals surface area contributed by atoms with Gasteiger partial charge in [0.15, 0.2) is 0 Å². The van der Waals surface area contributed by atoms with Gasteiger partial charge in [-0.3, -0.25) is 0 Å². The van der Waals surface area contributed by atoms with Crippen LogP contribution in [0.3, 0.4) is 0 Å². The molecule has 134 valence electrons. The number of halogens is 1. The van der Waals surface area contributed by atoms with Gasteiger partial charge in [-0.15, -0.1) is 0 Å². The summed E-state index contributed by atoms with van der Waals surface area (Å²) >= 11 is 0. The van der Waals surface area contributed by atoms with Crippen molar-refractivity contribution in [2.75, 3.05) is 39.2 Å². The Kier molecular flexibility index (Phi) is 5.45. The smallest absolute Gasteiger partial charge is 0.224 e. The first-order valence-corrected chi connectivity index (χ1v) is 8.25. The molecule has 1 fully saturated rings. The zero-order chi connectivity index (χ0) is 17.8. The van der Waals surface area contributed by atoms with Gasteiger partial charge in [0.25, 0.3) is 0 Å². The van der Waals surface area contributed by atoms with E-state index in [9.17, 15) is 4.39 Å². The third kappa shape index (κ3) is 4.43. The highest BCUT2D eigenvalue weighted by Gasteiger charge is 2.33. The van der Waals surface area contributed by atoms with Crippen LogP contribution in [0, 0.1) is 5.82 Å². The SMILES string of the molecule is CO[C@H]1C[C@@H](CN(C)C)N(c2cc(Oc3cccc(F)c3)ncn2)C1. The van der Waals surface area contributed by atoms with Gasteiger partial charge in [-0.05, 0) is 32.6 Å². The molecular formula is C18H23FN4O2. The number of nitrogens with zero attached hydrogens (tertiary/aromatic N) is 4. The molecule has 0 bridgehead atoms. The molecule has 1 aliphatic rings. The minimum absolute atomic E-state index is 0.174. The lowest BCUT2D eigenvalue weighted by Gasteiger charge is -2.27. The van der Waals surface area contributed by atoms with Crippen LogP contribution in [-0.4, -0.2) is 61.3 Å². The van der Waals surface area contributed by atoms with Gasteiger partial charge in [0.2, 0.25) is 5.88 Å². The molecule has 2 heterocycles. The van der Waals surface area contributed by atoms with Crippen molar-refractivity contribution in [2.45, 2.75) is 18.6 Å². The van der Waals surface area contributed by atoms with E-state index >= 15 is 0 Å². The molecule has 6 nitrogen and oxygen atoms in total. The highest BCUT2D eigenvalue weighted by atomic mass is 19.1. The van der Waals surface area contributed by atoms with Crippen molar-refractivity contribution in [3.63, 3.8) is 0 Å². The maximum Gasteiger partial charge on any atom is 0.224 e. The molecule has 1 aliphatic heterocycles. The van der Waals surface area contributed by atoms with Gasteiger partial charge < -0.3 is 19.3 Å². The number of anilines is 1. The van der Waals surface area contributed by atoms with Crippen LogP contribution in [0.1, 0.15) is 6.42 Å². The number of hydrogen-bond acceptors (Lipinski definition) is 6. The van der Waals surface area contributed by atoms with E-state index in [-0.39, 0.29) is 11.9 Å². The second kappa shape index (κ2) is 7.76. The van der Waals surface area contributed by atoms with Crippen molar-refractivity contribution in [1.82, 2.24) is 14.9 Å². The average molecular weight is 346 g/mol. The Morgan fingerprint density at radius 1 is 1.28 bits per heavy atom. The quantitative estimate of drug-likeness (QED) is 0.801. The van der Waals surface area contributed by atoms with E-state index in [4.69, 9.17) is 9.47 Å². The van der Waals surface area contributed by atoms with Gasteiger partial charge in [0.05, 0.1) is 6.10 Å². The first kappa shape index (κ1) is 17.6. The zero-order valence-corrected chi connectivity index (χ0v) is 14.7. The third-order valence-corrected chi connectivity index (χ3v) is 4.23. The van der Waals surface area contributed by atoms with E-state index in [1.807, 2.05) is 0 Å². The first-order valence-electron chi connectivity index (χ1n) is 8.25. The topological polar surface area (TPSA) is 50.7 Å². The van der Waals surface area contributed by atoms with Crippen LogP contribution in [-0.2, 0) is 4.74 Å². The fourth-order valence-electron chi connectivity index (χ4n) is 3.11. The number of ether oxygens (including phenoxy) is 2. The highest BCUT2D eigenvalue weighted by molar-refractivity contribution is 5.45. The molecule has 2 aromatic rings. The lowest BCUT2D eigenvalue weighted by molar-refractivity contribution is 0.117. The molecule has 1 aromatic heterocycles. The Labute approximate surface area is 147 Å². The van der Waals surface area contributed by atoms with Gasteiger partial charge in [-0.25, -0.2) is 14.4 Å². The van der Waals surface area contributed by atoms with Crippen molar-refractivity contribution in [3.05, 3.63) is 42.5 Å². The van der Waals surface area contributed by atoms with E-state index in [0.29, 0.717) is 17.7 Å². The summed E-state index contributed by atoms with van der Waals surface area (Å²) in [5.74, 6) is 1.24. The monoisotopic (exact) mass is 346 g/mol. The van der Waals surface area contributed by atoms with Crippen LogP contribution in [0.4, 0.5) is 10.2 Å². The van der Waals surface area contributed by atoms with Crippen LogP contribution in [0.5, 0.6) is 11.6 Å². The molecule has 0 saturated carbocycles. The van der Waals surface area contributed by atoms with Gasteiger partial charge in [0.1, 0.15) is 23.7 Å². The fourth-order valence-corrected chi connectivity index (χ4v) is 3.11. The van der Waals surface area contributed by atoms with E-state index < -0.39 is 0 Å². The molecule has 0 radical (unpaired) electrons. The second-order valence-corrected chi connectivity index (χ2v) is 6.44. The molecule has 0 unspecified atom stereocenters. The van der Waals surface area contributed by atoms with Gasteiger partial charge in [0, 0.05) is 38.4 Å². The number of aromatic nitrogens is 2. The highest BCUT2D eigenvalue weighted by Crippen LogP contribution is 2.29. The summed E-state index contributed by atoms with van der Waals surface area (Å²) in [4.78, 5) is 12.9. The summed E-state index contributed by atoms with van der Waals surface area (Å²) in [5, 5.41) is 0. The van der Waals surface area contributed by atoms with Crippen molar-refractivity contribution in [3.8, 4) is 11.6 Å². The van der Waals surface area contributed by atoms with E-state index in [0.717, 1.165) is 25.3 Å². The zero-order valence-electron chi connectivity index (χ0n) is 14.7. The average Bonchev–Trinajstić information content (AvgIpc) is 2.97. The van der Waals surface area contributed by atoms with E-state index in [1.165, 1.54) is 18.5 Å². The fraction of sp³-hybridized carbons (Fsp3) is 0.444. The van der Waals surface area contributed by atoms with Crippen LogP contribution in [0.25, 0.3) is 0 Å². The van der Waals surface area contributed by atoms with Crippen LogP contribution >= 0.6 is 0 Å². The van der Waals surface area contributed by atoms with E-state index in [2.05, 4.69) is 33.9 Å². The summed E-state index contributed by atoms with van der Waals surface area (Å²) in [6.45, 7) is 1.68. The summed E-state index contributed by atoms with van der Waals surface area (Å²) < 4.78 is 24.5. The number of rotatable bonds is 6. The largest absolute Gasteiger partial charge is 0.439 e. The van der Waals surface area contributed by atoms with Gasteiger partial charge in [-0.2, -0.15) is 0 Å². The van der Waals surface area contributed by atoms with Gasteiger partial charge in [-0.1, -0.05) is 6.07 Å². The lowest BCUT2D eigenvalue weighted by atomic mass is 10.2. The minimum Gasteiger partial charge on any atom is -0.439 e. The van der Waals surface area contributed by atoms with Crippen LogP contribution in [0.2, 0.25) is 0 Å². The predicted octanol–water partition coefficient (Wildman–Crippen LogP) is 2.56. The molecule has 0 amide bonds. The lowest BCUT2D eigenvalue weighted by Crippen LogP contribution is -2.38. The molecule has 7 heteroatoms. The molecule has 3 rings (SSSR count). The Morgan fingerprint density at radius 3 is 2.84 bits per heavy atom. The van der Waals surface area contributed by atoms with Crippen molar-refractivity contribution >= 4 is 5.82 Å². The van der Waals surface area contributed by atoms with Crippen molar-refractivity contribution < 1.29 is 13.9 Å². The molecular weight excluding hydrogens is 323 g/mol. The standard InChI is InChI=1S/C18H23FN4O2/c1-22(2)10-14-8-16(24-3)11-23(14)17-9-18(21-12-20-17)25-15-6-4-5-13(19)7-15/h4-7,9,12,14,16H,8,10-11H2,1-3H3/t14-,16-/m0/s1. The number of likely N-dealkylation sites (N-methyl/N-ethyl adjacent to an activating group) is 1. The molecule has 0 aliphatic carbocycles. The second-order valence-electron chi connectivity index (χ2n) is 6.44. The maximum absolute atomic E-state index is 13.3.